The Hall–Kier alpha value is -3.62. The Morgan fingerprint density at radius 2 is 1.87 bits per heavy atom. The molecule has 2 N–H and O–H groups in total. The van der Waals surface area contributed by atoms with Crippen LogP contribution in [0.25, 0.3) is 0 Å². The molecule has 0 radical (unpaired) electrons. The van der Waals surface area contributed by atoms with Gasteiger partial charge in [0.15, 0.2) is 5.76 Å². The van der Waals surface area contributed by atoms with E-state index < -0.39 is 5.66 Å². The molecule has 1 atom stereocenters. The molecule has 1 saturated heterocycles. The number of carbonyl (C=O) groups is 4. The molecule has 9 heteroatoms. The van der Waals surface area contributed by atoms with E-state index in [9.17, 15) is 19.2 Å². The van der Waals surface area contributed by atoms with Crippen LogP contribution < -0.4 is 15.5 Å². The van der Waals surface area contributed by atoms with E-state index in [4.69, 9.17) is 4.42 Å². The topological polar surface area (TPSA) is 112 Å². The smallest absolute Gasteiger partial charge is 0.287 e. The molecule has 4 rings (SSSR count). The standard InChI is InChI=1S/C22H24N4O5/c1-22-10-8-19(28)26(22)16-6-3-2-5-15(16)21(30)25(22)13-9-18(27)23-11-12-24-20(29)17-7-4-14-31-17/h2-7,14H,8-13H2,1H3,(H,23,27)(H,24,29). The lowest BCUT2D eigenvalue weighted by molar-refractivity contribution is -0.121. The van der Waals surface area contributed by atoms with Crippen LogP contribution in [-0.2, 0) is 9.59 Å². The number of anilines is 1. The van der Waals surface area contributed by atoms with E-state index >= 15 is 0 Å². The molecule has 2 aromatic rings. The molecule has 0 spiro atoms. The molecule has 0 bridgehead atoms. The van der Waals surface area contributed by atoms with Gasteiger partial charge in [-0.05, 0) is 37.6 Å². The second-order valence-corrected chi connectivity index (χ2v) is 7.75. The normalized spacial score (nSPS) is 19.8. The van der Waals surface area contributed by atoms with Gasteiger partial charge in [-0.2, -0.15) is 0 Å². The van der Waals surface area contributed by atoms with Crippen molar-refractivity contribution in [3.8, 4) is 0 Å². The molecule has 2 aliphatic rings. The molecule has 0 saturated carbocycles. The van der Waals surface area contributed by atoms with Crippen molar-refractivity contribution in [2.45, 2.75) is 31.8 Å². The van der Waals surface area contributed by atoms with E-state index in [0.717, 1.165) is 0 Å². The monoisotopic (exact) mass is 424 g/mol. The molecule has 1 fully saturated rings. The van der Waals surface area contributed by atoms with Crippen LogP contribution in [0.2, 0.25) is 0 Å². The summed E-state index contributed by atoms with van der Waals surface area (Å²) in [6, 6.07) is 10.2. The zero-order valence-electron chi connectivity index (χ0n) is 17.2. The molecule has 162 valence electrons. The largest absolute Gasteiger partial charge is 0.459 e. The SMILES string of the molecule is CC12CCC(=O)N1c1ccccc1C(=O)N2CCC(=O)NCCNC(=O)c1ccco1. The van der Waals surface area contributed by atoms with Gasteiger partial charge in [0.25, 0.3) is 11.8 Å². The van der Waals surface area contributed by atoms with Crippen LogP contribution in [0.3, 0.4) is 0 Å². The quantitative estimate of drug-likeness (QED) is 0.655. The second-order valence-electron chi connectivity index (χ2n) is 7.75. The van der Waals surface area contributed by atoms with Gasteiger partial charge in [-0.1, -0.05) is 12.1 Å². The minimum absolute atomic E-state index is 0.0239. The van der Waals surface area contributed by atoms with E-state index in [1.807, 2.05) is 13.0 Å². The summed E-state index contributed by atoms with van der Waals surface area (Å²) in [5.74, 6) is -0.583. The summed E-state index contributed by atoms with van der Waals surface area (Å²) in [4.78, 5) is 53.1. The van der Waals surface area contributed by atoms with Gasteiger partial charge in [0, 0.05) is 32.5 Å². The highest BCUT2D eigenvalue weighted by molar-refractivity contribution is 6.10. The first kappa shape index (κ1) is 20.6. The van der Waals surface area contributed by atoms with Crippen molar-refractivity contribution < 1.29 is 23.6 Å². The van der Waals surface area contributed by atoms with E-state index in [2.05, 4.69) is 10.6 Å². The Morgan fingerprint density at radius 1 is 1.10 bits per heavy atom. The molecular formula is C22H24N4O5. The summed E-state index contributed by atoms with van der Waals surface area (Å²) in [7, 11) is 0. The van der Waals surface area contributed by atoms with Crippen molar-refractivity contribution >= 4 is 29.3 Å². The summed E-state index contributed by atoms with van der Waals surface area (Å²) < 4.78 is 5.00. The van der Waals surface area contributed by atoms with Crippen LogP contribution in [0, 0.1) is 0 Å². The van der Waals surface area contributed by atoms with Crippen molar-refractivity contribution in [2.75, 3.05) is 24.5 Å². The Bertz CT molecular complexity index is 1020. The number of nitrogens with zero attached hydrogens (tertiary/aromatic N) is 2. The molecular weight excluding hydrogens is 400 g/mol. The molecule has 1 unspecified atom stereocenters. The summed E-state index contributed by atoms with van der Waals surface area (Å²) in [5.41, 5.74) is 0.321. The third kappa shape index (κ3) is 3.78. The average Bonchev–Trinajstić information content (AvgIpc) is 3.40. The third-order valence-corrected chi connectivity index (χ3v) is 5.79. The van der Waals surface area contributed by atoms with Crippen molar-refractivity contribution in [3.63, 3.8) is 0 Å². The summed E-state index contributed by atoms with van der Waals surface area (Å²) in [6.07, 6.45) is 2.39. The van der Waals surface area contributed by atoms with Gasteiger partial charge in [0.2, 0.25) is 11.8 Å². The number of fused-ring (bicyclic) bond motifs is 3. The molecule has 2 aliphatic heterocycles. The van der Waals surface area contributed by atoms with E-state index in [0.29, 0.717) is 24.1 Å². The van der Waals surface area contributed by atoms with Crippen LogP contribution in [0.15, 0.2) is 47.1 Å². The number of furan rings is 1. The Labute approximate surface area is 179 Å². The number of carbonyl (C=O) groups excluding carboxylic acids is 4. The van der Waals surface area contributed by atoms with Gasteiger partial charge in [0.05, 0.1) is 17.5 Å². The number of rotatable bonds is 7. The van der Waals surface area contributed by atoms with Crippen molar-refractivity contribution in [1.29, 1.82) is 0 Å². The third-order valence-electron chi connectivity index (χ3n) is 5.79. The van der Waals surface area contributed by atoms with E-state index in [1.54, 1.807) is 40.1 Å². The summed E-state index contributed by atoms with van der Waals surface area (Å²) >= 11 is 0. The fourth-order valence-corrected chi connectivity index (χ4v) is 4.22. The zero-order valence-corrected chi connectivity index (χ0v) is 17.2. The van der Waals surface area contributed by atoms with Crippen LogP contribution in [0.4, 0.5) is 5.69 Å². The van der Waals surface area contributed by atoms with Crippen molar-refractivity contribution in [3.05, 3.63) is 54.0 Å². The molecule has 1 aromatic heterocycles. The maximum absolute atomic E-state index is 13.1. The lowest BCUT2D eigenvalue weighted by Gasteiger charge is -2.48. The Morgan fingerprint density at radius 3 is 2.65 bits per heavy atom. The highest BCUT2D eigenvalue weighted by atomic mass is 16.3. The second kappa shape index (κ2) is 8.25. The Kier molecular flexibility index (Phi) is 5.50. The first-order chi connectivity index (χ1) is 14.9. The number of amides is 4. The van der Waals surface area contributed by atoms with Gasteiger partial charge in [-0.25, -0.2) is 0 Å². The molecule has 0 aliphatic carbocycles. The minimum atomic E-state index is -0.778. The van der Waals surface area contributed by atoms with Crippen molar-refractivity contribution in [2.24, 2.45) is 0 Å². The number of para-hydroxylation sites is 1. The van der Waals surface area contributed by atoms with Crippen LogP contribution >= 0.6 is 0 Å². The highest BCUT2D eigenvalue weighted by Gasteiger charge is 2.52. The Balaban J connectivity index is 1.33. The average molecular weight is 424 g/mol. The first-order valence-electron chi connectivity index (χ1n) is 10.2. The van der Waals surface area contributed by atoms with E-state index in [-0.39, 0.29) is 55.4 Å². The fraction of sp³-hybridized carbons (Fsp3) is 0.364. The summed E-state index contributed by atoms with van der Waals surface area (Å²) in [6.45, 7) is 2.57. The molecule has 4 amide bonds. The maximum Gasteiger partial charge on any atom is 0.287 e. The lowest BCUT2D eigenvalue weighted by Crippen LogP contribution is -2.62. The van der Waals surface area contributed by atoms with Crippen LogP contribution in [0.1, 0.15) is 47.1 Å². The van der Waals surface area contributed by atoms with Gasteiger partial charge < -0.3 is 20.0 Å². The predicted octanol–water partition coefficient (Wildman–Crippen LogP) is 1.51. The minimum Gasteiger partial charge on any atom is -0.459 e. The van der Waals surface area contributed by atoms with Crippen molar-refractivity contribution in [1.82, 2.24) is 15.5 Å². The lowest BCUT2D eigenvalue weighted by atomic mass is 9.98. The van der Waals surface area contributed by atoms with E-state index in [1.165, 1.54) is 6.26 Å². The van der Waals surface area contributed by atoms with Crippen LogP contribution in [0.5, 0.6) is 0 Å². The molecule has 9 nitrogen and oxygen atoms in total. The number of nitrogens with one attached hydrogen (secondary N) is 2. The number of benzene rings is 1. The van der Waals surface area contributed by atoms with Gasteiger partial charge in [-0.15, -0.1) is 0 Å². The molecule has 3 heterocycles. The van der Waals surface area contributed by atoms with Gasteiger partial charge in [-0.3, -0.25) is 24.1 Å². The number of hydrogen-bond acceptors (Lipinski definition) is 5. The van der Waals surface area contributed by atoms with Crippen LogP contribution in [-0.4, -0.2) is 53.8 Å². The molecule has 31 heavy (non-hydrogen) atoms. The highest BCUT2D eigenvalue weighted by Crippen LogP contribution is 2.43. The number of hydrogen-bond donors (Lipinski definition) is 2. The zero-order chi connectivity index (χ0) is 22.0. The molecule has 1 aromatic carbocycles. The van der Waals surface area contributed by atoms with Gasteiger partial charge >= 0.3 is 0 Å². The maximum atomic E-state index is 13.1. The predicted molar refractivity (Wildman–Crippen MR) is 111 cm³/mol. The summed E-state index contributed by atoms with van der Waals surface area (Å²) in [5, 5.41) is 5.38. The first-order valence-corrected chi connectivity index (χ1v) is 10.2. The van der Waals surface area contributed by atoms with Gasteiger partial charge in [0.1, 0.15) is 5.66 Å². The fourth-order valence-electron chi connectivity index (χ4n) is 4.22.